The minimum Gasteiger partial charge on any atom is -0.452 e. The van der Waals surface area contributed by atoms with E-state index >= 15 is 0 Å². The van der Waals surface area contributed by atoms with Crippen molar-refractivity contribution >= 4 is 27.8 Å². The van der Waals surface area contributed by atoms with Crippen LogP contribution in [0.15, 0.2) is 47.5 Å². The predicted molar refractivity (Wildman–Crippen MR) is 113 cm³/mol. The standard InChI is InChI=1S/C21H25N3O7S/c1-14-11-24(12-15(2)31-14)32(28,29)17-7-4-6-16(10-17)21(27)30-13-19(25)22-20(26)18-8-5-9-23(18)3/h4-10,14-15H,11-13H2,1-3H3,(H,22,25,26). The number of aryl methyl sites for hydroxylation is 1. The van der Waals surface area contributed by atoms with Gasteiger partial charge in [-0.15, -0.1) is 0 Å². The first-order chi connectivity index (χ1) is 15.1. The van der Waals surface area contributed by atoms with Crippen molar-refractivity contribution in [3.8, 4) is 0 Å². The van der Waals surface area contributed by atoms with E-state index in [0.717, 1.165) is 0 Å². The van der Waals surface area contributed by atoms with Crippen molar-refractivity contribution < 1.29 is 32.3 Å². The van der Waals surface area contributed by atoms with Crippen LogP contribution in [-0.4, -0.2) is 67.0 Å². The Morgan fingerprint density at radius 3 is 2.44 bits per heavy atom. The number of benzene rings is 1. The molecule has 10 nitrogen and oxygen atoms in total. The highest BCUT2D eigenvalue weighted by Crippen LogP contribution is 2.22. The van der Waals surface area contributed by atoms with Gasteiger partial charge < -0.3 is 14.0 Å². The zero-order valence-corrected chi connectivity index (χ0v) is 18.8. The third-order valence-electron chi connectivity index (χ3n) is 4.86. The Kier molecular flexibility index (Phi) is 7.12. The number of carbonyl (C=O) groups excluding carboxylic acids is 3. The molecule has 1 aromatic heterocycles. The Morgan fingerprint density at radius 1 is 1.12 bits per heavy atom. The molecule has 11 heteroatoms. The highest BCUT2D eigenvalue weighted by atomic mass is 32.2. The number of carbonyl (C=O) groups is 3. The summed E-state index contributed by atoms with van der Waals surface area (Å²) < 4.78 is 39.4. The Labute approximate surface area is 186 Å². The molecule has 3 rings (SSSR count). The monoisotopic (exact) mass is 463 g/mol. The molecule has 1 saturated heterocycles. The van der Waals surface area contributed by atoms with E-state index in [1.165, 1.54) is 39.2 Å². The zero-order valence-electron chi connectivity index (χ0n) is 18.0. The summed E-state index contributed by atoms with van der Waals surface area (Å²) in [4.78, 5) is 36.3. The maximum absolute atomic E-state index is 13.0. The number of nitrogens with zero attached hydrogens (tertiary/aromatic N) is 2. The molecule has 0 aliphatic carbocycles. The number of morpholine rings is 1. The SMILES string of the molecule is CC1CN(S(=O)(=O)c2cccc(C(=O)OCC(=O)NC(=O)c3cccn3C)c2)CC(C)O1. The molecule has 32 heavy (non-hydrogen) atoms. The lowest BCUT2D eigenvalue weighted by Gasteiger charge is -2.34. The summed E-state index contributed by atoms with van der Waals surface area (Å²) in [6, 6.07) is 8.60. The lowest BCUT2D eigenvalue weighted by molar-refractivity contribution is -0.123. The van der Waals surface area contributed by atoms with Crippen LogP contribution in [0.2, 0.25) is 0 Å². The van der Waals surface area contributed by atoms with Crippen molar-refractivity contribution in [3.05, 3.63) is 53.9 Å². The van der Waals surface area contributed by atoms with Gasteiger partial charge in [-0.05, 0) is 44.2 Å². The van der Waals surface area contributed by atoms with Gasteiger partial charge in [0.25, 0.3) is 11.8 Å². The van der Waals surface area contributed by atoms with Crippen molar-refractivity contribution in [2.24, 2.45) is 7.05 Å². The molecule has 172 valence electrons. The molecule has 0 saturated carbocycles. The van der Waals surface area contributed by atoms with Crippen LogP contribution in [0, 0.1) is 0 Å². The Hall–Kier alpha value is -3.02. The molecule has 2 aromatic rings. The van der Waals surface area contributed by atoms with Crippen molar-refractivity contribution in [2.75, 3.05) is 19.7 Å². The van der Waals surface area contributed by atoms with Crippen LogP contribution in [-0.2, 0) is 31.3 Å². The number of amides is 2. The highest BCUT2D eigenvalue weighted by molar-refractivity contribution is 7.89. The fourth-order valence-electron chi connectivity index (χ4n) is 3.40. The molecule has 0 radical (unpaired) electrons. The summed E-state index contributed by atoms with van der Waals surface area (Å²) in [7, 11) is -2.19. The molecule has 2 atom stereocenters. The maximum atomic E-state index is 13.0. The van der Waals surface area contributed by atoms with Gasteiger partial charge in [-0.25, -0.2) is 13.2 Å². The first-order valence-corrected chi connectivity index (χ1v) is 11.4. The molecule has 2 amide bonds. The summed E-state index contributed by atoms with van der Waals surface area (Å²) in [5.74, 6) is -2.31. The van der Waals surface area contributed by atoms with E-state index in [0.29, 0.717) is 0 Å². The number of sulfonamides is 1. The molecule has 2 unspecified atom stereocenters. The maximum Gasteiger partial charge on any atom is 0.338 e. The van der Waals surface area contributed by atoms with Gasteiger partial charge in [0, 0.05) is 26.3 Å². The molecule has 1 aliphatic heterocycles. The number of aromatic nitrogens is 1. The minimum atomic E-state index is -3.84. The number of ether oxygens (including phenoxy) is 2. The number of hydrogen-bond acceptors (Lipinski definition) is 7. The molecule has 1 aromatic carbocycles. The minimum absolute atomic E-state index is 0.0259. The van der Waals surface area contributed by atoms with E-state index < -0.39 is 34.4 Å². The second kappa shape index (κ2) is 9.63. The van der Waals surface area contributed by atoms with E-state index in [2.05, 4.69) is 5.32 Å². The van der Waals surface area contributed by atoms with Gasteiger partial charge in [0.15, 0.2) is 6.61 Å². The topological polar surface area (TPSA) is 124 Å². The van der Waals surface area contributed by atoms with E-state index in [1.54, 1.807) is 33.2 Å². The third-order valence-corrected chi connectivity index (χ3v) is 6.68. The average Bonchev–Trinajstić information content (AvgIpc) is 3.17. The number of hydrogen-bond donors (Lipinski definition) is 1. The van der Waals surface area contributed by atoms with Gasteiger partial charge in [-0.1, -0.05) is 6.07 Å². The quantitative estimate of drug-likeness (QED) is 0.632. The summed E-state index contributed by atoms with van der Waals surface area (Å²) in [6.45, 7) is 3.30. The molecule has 1 aliphatic rings. The van der Waals surface area contributed by atoms with Gasteiger partial charge in [0.1, 0.15) is 5.69 Å². The molecule has 1 N–H and O–H groups in total. The fraction of sp³-hybridized carbons (Fsp3) is 0.381. The lowest BCUT2D eigenvalue weighted by Crippen LogP contribution is -2.48. The van der Waals surface area contributed by atoms with Gasteiger partial charge in [0.05, 0.1) is 22.7 Å². The zero-order chi connectivity index (χ0) is 23.5. The second-order valence-corrected chi connectivity index (χ2v) is 9.50. The van der Waals surface area contributed by atoms with Crippen molar-refractivity contribution in [1.29, 1.82) is 0 Å². The van der Waals surface area contributed by atoms with Crippen molar-refractivity contribution in [2.45, 2.75) is 31.0 Å². The summed E-state index contributed by atoms with van der Waals surface area (Å²) in [5.41, 5.74) is 0.247. The molecule has 2 heterocycles. The number of nitrogens with one attached hydrogen (secondary N) is 1. The van der Waals surface area contributed by atoms with Crippen LogP contribution < -0.4 is 5.32 Å². The molecular formula is C21H25N3O7S. The van der Waals surface area contributed by atoms with E-state index in [1.807, 2.05) is 0 Å². The molecular weight excluding hydrogens is 438 g/mol. The summed E-state index contributed by atoms with van der Waals surface area (Å²) >= 11 is 0. The largest absolute Gasteiger partial charge is 0.452 e. The number of imide groups is 1. The highest BCUT2D eigenvalue weighted by Gasteiger charge is 2.32. The Bertz CT molecular complexity index is 1120. The Morgan fingerprint density at radius 2 is 1.81 bits per heavy atom. The van der Waals surface area contributed by atoms with Gasteiger partial charge in [0.2, 0.25) is 10.0 Å². The Balaban J connectivity index is 1.63. The van der Waals surface area contributed by atoms with Crippen molar-refractivity contribution in [1.82, 2.24) is 14.2 Å². The van der Waals surface area contributed by atoms with Gasteiger partial charge >= 0.3 is 5.97 Å². The van der Waals surface area contributed by atoms with E-state index in [9.17, 15) is 22.8 Å². The van der Waals surface area contributed by atoms with Crippen molar-refractivity contribution in [3.63, 3.8) is 0 Å². The summed E-state index contributed by atoms with van der Waals surface area (Å²) in [5, 5.41) is 2.13. The third kappa shape index (κ3) is 5.42. The lowest BCUT2D eigenvalue weighted by atomic mass is 10.2. The van der Waals surface area contributed by atoms with Crippen LogP contribution in [0.3, 0.4) is 0 Å². The van der Waals surface area contributed by atoms with Crippen LogP contribution in [0.25, 0.3) is 0 Å². The van der Waals surface area contributed by atoms with Crippen LogP contribution >= 0.6 is 0 Å². The predicted octanol–water partition coefficient (Wildman–Crippen LogP) is 0.936. The van der Waals surface area contributed by atoms with E-state index in [-0.39, 0.29) is 41.5 Å². The normalized spacial score (nSPS) is 19.3. The first-order valence-electron chi connectivity index (χ1n) is 9.96. The van der Waals surface area contributed by atoms with Crippen LogP contribution in [0.5, 0.6) is 0 Å². The van der Waals surface area contributed by atoms with Gasteiger partial charge in [-0.3, -0.25) is 14.9 Å². The average molecular weight is 464 g/mol. The second-order valence-electron chi connectivity index (χ2n) is 7.56. The first kappa shape index (κ1) is 23.6. The smallest absolute Gasteiger partial charge is 0.338 e. The molecule has 0 spiro atoms. The van der Waals surface area contributed by atoms with E-state index in [4.69, 9.17) is 9.47 Å². The molecule has 0 bridgehead atoms. The summed E-state index contributed by atoms with van der Waals surface area (Å²) in [6.07, 6.45) is 1.15. The fourth-order valence-corrected chi connectivity index (χ4v) is 5.03. The molecule has 1 fully saturated rings. The van der Waals surface area contributed by atoms with Crippen LogP contribution in [0.4, 0.5) is 0 Å². The number of esters is 1. The van der Waals surface area contributed by atoms with Gasteiger partial charge in [-0.2, -0.15) is 4.31 Å². The van der Waals surface area contributed by atoms with Crippen LogP contribution in [0.1, 0.15) is 34.7 Å². The number of rotatable bonds is 6.